The second kappa shape index (κ2) is 10.3. The zero-order chi connectivity index (χ0) is 19.6. The van der Waals surface area contributed by atoms with Crippen LogP contribution in [0.2, 0.25) is 0 Å². The number of nitrogens with zero attached hydrogens (tertiary/aromatic N) is 1. The lowest BCUT2D eigenvalue weighted by Gasteiger charge is -2.18. The molecule has 0 aliphatic heterocycles. The normalized spacial score (nSPS) is 10.3. The van der Waals surface area contributed by atoms with Gasteiger partial charge in [0.1, 0.15) is 5.82 Å². The average Bonchev–Trinajstić information content (AvgIpc) is 2.66. The predicted molar refractivity (Wildman–Crippen MR) is 105 cm³/mol. The maximum atomic E-state index is 12.9. The standard InChI is InChI=1S/C21H26FN3O2/c1-3-25(4-2)20(26)15-17-7-11-19(12-8-17)24-21(27)23-14-13-16-5-9-18(22)10-6-16/h5-12H,3-4,13-15H2,1-2H3,(H2,23,24,27). The molecule has 144 valence electrons. The number of hydrogen-bond acceptors (Lipinski definition) is 2. The summed E-state index contributed by atoms with van der Waals surface area (Å²) >= 11 is 0. The van der Waals surface area contributed by atoms with Crippen molar-refractivity contribution in [3.8, 4) is 0 Å². The van der Waals surface area contributed by atoms with E-state index in [9.17, 15) is 14.0 Å². The van der Waals surface area contributed by atoms with Crippen molar-refractivity contribution in [3.63, 3.8) is 0 Å². The number of carbonyl (C=O) groups excluding carboxylic acids is 2. The molecule has 6 heteroatoms. The Morgan fingerprint density at radius 1 is 0.926 bits per heavy atom. The first-order chi connectivity index (χ1) is 13.0. The van der Waals surface area contributed by atoms with E-state index in [1.54, 1.807) is 29.2 Å². The third-order valence-electron chi connectivity index (χ3n) is 4.30. The lowest BCUT2D eigenvalue weighted by molar-refractivity contribution is -0.130. The van der Waals surface area contributed by atoms with Gasteiger partial charge in [0, 0.05) is 25.3 Å². The van der Waals surface area contributed by atoms with Gasteiger partial charge >= 0.3 is 6.03 Å². The molecule has 0 saturated carbocycles. The van der Waals surface area contributed by atoms with Crippen LogP contribution in [0.5, 0.6) is 0 Å². The van der Waals surface area contributed by atoms with Gasteiger partial charge in [0.25, 0.3) is 0 Å². The van der Waals surface area contributed by atoms with Gasteiger partial charge in [-0.1, -0.05) is 24.3 Å². The molecule has 3 amide bonds. The summed E-state index contributed by atoms with van der Waals surface area (Å²) in [5, 5.41) is 5.52. The van der Waals surface area contributed by atoms with Crippen LogP contribution in [0, 0.1) is 5.82 Å². The van der Waals surface area contributed by atoms with Crippen molar-refractivity contribution in [2.45, 2.75) is 26.7 Å². The summed E-state index contributed by atoms with van der Waals surface area (Å²) in [6, 6.07) is 13.2. The van der Waals surface area contributed by atoms with Crippen LogP contribution in [-0.2, 0) is 17.6 Å². The molecule has 0 radical (unpaired) electrons. The predicted octanol–water partition coefficient (Wildman–Crippen LogP) is 3.60. The van der Waals surface area contributed by atoms with Gasteiger partial charge in [-0.05, 0) is 55.7 Å². The number of nitrogens with one attached hydrogen (secondary N) is 2. The molecule has 0 aromatic heterocycles. The molecule has 2 N–H and O–H groups in total. The van der Waals surface area contributed by atoms with E-state index >= 15 is 0 Å². The van der Waals surface area contributed by atoms with Crippen LogP contribution in [0.15, 0.2) is 48.5 Å². The molecule has 2 aromatic carbocycles. The number of carbonyl (C=O) groups is 2. The van der Waals surface area contributed by atoms with Crippen molar-refractivity contribution in [1.82, 2.24) is 10.2 Å². The van der Waals surface area contributed by atoms with E-state index in [0.29, 0.717) is 38.2 Å². The lowest BCUT2D eigenvalue weighted by atomic mass is 10.1. The molecular formula is C21H26FN3O2. The molecule has 0 aliphatic rings. The van der Waals surface area contributed by atoms with E-state index in [1.807, 2.05) is 26.0 Å². The SMILES string of the molecule is CCN(CC)C(=O)Cc1ccc(NC(=O)NCCc2ccc(F)cc2)cc1. The first-order valence-electron chi connectivity index (χ1n) is 9.17. The van der Waals surface area contributed by atoms with Crippen LogP contribution in [0.1, 0.15) is 25.0 Å². The second-order valence-electron chi connectivity index (χ2n) is 6.20. The molecule has 0 bridgehead atoms. The van der Waals surface area contributed by atoms with Crippen LogP contribution in [-0.4, -0.2) is 36.5 Å². The van der Waals surface area contributed by atoms with Crippen molar-refractivity contribution in [1.29, 1.82) is 0 Å². The molecule has 0 unspecified atom stereocenters. The molecule has 0 aliphatic carbocycles. The second-order valence-corrected chi connectivity index (χ2v) is 6.20. The van der Waals surface area contributed by atoms with E-state index in [1.165, 1.54) is 12.1 Å². The Bertz CT molecular complexity index is 741. The number of halogens is 1. The molecule has 27 heavy (non-hydrogen) atoms. The highest BCUT2D eigenvalue weighted by atomic mass is 19.1. The molecule has 0 saturated heterocycles. The third-order valence-corrected chi connectivity index (χ3v) is 4.30. The summed E-state index contributed by atoms with van der Waals surface area (Å²) in [6.07, 6.45) is 0.978. The van der Waals surface area contributed by atoms with Gasteiger partial charge in [-0.2, -0.15) is 0 Å². The van der Waals surface area contributed by atoms with Gasteiger partial charge in [0.2, 0.25) is 5.91 Å². The zero-order valence-corrected chi connectivity index (χ0v) is 15.8. The third kappa shape index (κ3) is 6.73. The van der Waals surface area contributed by atoms with Crippen molar-refractivity contribution in [2.75, 3.05) is 25.0 Å². The number of amides is 3. The molecule has 2 rings (SSSR count). The Balaban J connectivity index is 1.77. The number of hydrogen-bond donors (Lipinski definition) is 2. The summed E-state index contributed by atoms with van der Waals surface area (Å²) in [4.78, 5) is 25.9. The summed E-state index contributed by atoms with van der Waals surface area (Å²) in [5.74, 6) is -0.175. The van der Waals surface area contributed by atoms with E-state index in [4.69, 9.17) is 0 Å². The van der Waals surface area contributed by atoms with E-state index in [-0.39, 0.29) is 17.8 Å². The minimum atomic E-state index is -0.302. The zero-order valence-electron chi connectivity index (χ0n) is 15.8. The maximum Gasteiger partial charge on any atom is 0.319 e. The molecule has 5 nitrogen and oxygen atoms in total. The number of rotatable bonds is 8. The largest absolute Gasteiger partial charge is 0.343 e. The summed E-state index contributed by atoms with van der Waals surface area (Å²) < 4.78 is 12.9. The highest BCUT2D eigenvalue weighted by Crippen LogP contribution is 2.11. The smallest absolute Gasteiger partial charge is 0.319 e. The number of urea groups is 1. The van der Waals surface area contributed by atoms with Crippen LogP contribution in [0.3, 0.4) is 0 Å². The molecule has 0 spiro atoms. The van der Waals surface area contributed by atoms with Crippen LogP contribution in [0.25, 0.3) is 0 Å². The van der Waals surface area contributed by atoms with Crippen molar-refractivity contribution < 1.29 is 14.0 Å². The van der Waals surface area contributed by atoms with Crippen molar-refractivity contribution >= 4 is 17.6 Å². The fourth-order valence-corrected chi connectivity index (χ4v) is 2.72. The number of likely N-dealkylation sites (N-methyl/N-ethyl adjacent to an activating group) is 1. The fourth-order valence-electron chi connectivity index (χ4n) is 2.72. The monoisotopic (exact) mass is 371 g/mol. The average molecular weight is 371 g/mol. The summed E-state index contributed by atoms with van der Waals surface area (Å²) in [7, 11) is 0. The van der Waals surface area contributed by atoms with E-state index in [2.05, 4.69) is 10.6 Å². The van der Waals surface area contributed by atoms with Crippen molar-refractivity contribution in [3.05, 3.63) is 65.5 Å². The van der Waals surface area contributed by atoms with Crippen LogP contribution >= 0.6 is 0 Å². The highest BCUT2D eigenvalue weighted by Gasteiger charge is 2.10. The molecule has 0 fully saturated rings. The van der Waals surface area contributed by atoms with E-state index < -0.39 is 0 Å². The molecular weight excluding hydrogens is 345 g/mol. The maximum absolute atomic E-state index is 12.9. The molecule has 0 atom stereocenters. The Hall–Kier alpha value is -2.89. The number of anilines is 1. The highest BCUT2D eigenvalue weighted by molar-refractivity contribution is 5.89. The first kappa shape index (κ1) is 20.4. The van der Waals surface area contributed by atoms with Gasteiger partial charge < -0.3 is 15.5 Å². The molecule has 0 heterocycles. The Morgan fingerprint density at radius 3 is 2.11 bits per heavy atom. The van der Waals surface area contributed by atoms with Gasteiger partial charge in [-0.15, -0.1) is 0 Å². The Morgan fingerprint density at radius 2 is 1.52 bits per heavy atom. The topological polar surface area (TPSA) is 61.4 Å². The fraction of sp³-hybridized carbons (Fsp3) is 0.333. The lowest BCUT2D eigenvalue weighted by Crippen LogP contribution is -2.31. The number of benzene rings is 2. The van der Waals surface area contributed by atoms with Gasteiger partial charge in [-0.3, -0.25) is 4.79 Å². The quantitative estimate of drug-likeness (QED) is 0.745. The van der Waals surface area contributed by atoms with Crippen LogP contribution in [0.4, 0.5) is 14.9 Å². The minimum Gasteiger partial charge on any atom is -0.343 e. The summed E-state index contributed by atoms with van der Waals surface area (Å²) in [5.41, 5.74) is 2.53. The van der Waals surface area contributed by atoms with Gasteiger partial charge in [-0.25, -0.2) is 9.18 Å². The van der Waals surface area contributed by atoms with E-state index in [0.717, 1.165) is 11.1 Å². The van der Waals surface area contributed by atoms with Gasteiger partial charge in [0.15, 0.2) is 0 Å². The minimum absolute atomic E-state index is 0.0965. The van der Waals surface area contributed by atoms with Gasteiger partial charge in [0.05, 0.1) is 6.42 Å². The van der Waals surface area contributed by atoms with Crippen molar-refractivity contribution in [2.24, 2.45) is 0 Å². The van der Waals surface area contributed by atoms with Crippen LogP contribution < -0.4 is 10.6 Å². The summed E-state index contributed by atoms with van der Waals surface area (Å²) in [6.45, 7) is 5.78. The Kier molecular flexibility index (Phi) is 7.79. The first-order valence-corrected chi connectivity index (χ1v) is 9.17. The Labute approximate surface area is 159 Å². The molecule has 2 aromatic rings.